The van der Waals surface area contributed by atoms with Crippen molar-refractivity contribution in [3.8, 4) is 5.75 Å². The molecular weight excluding hydrogens is 376 g/mol. The maximum atomic E-state index is 11.0. The van der Waals surface area contributed by atoms with E-state index in [2.05, 4.69) is 59.0 Å². The summed E-state index contributed by atoms with van der Waals surface area (Å²) in [6.45, 7) is 14.3. The highest BCUT2D eigenvalue weighted by atomic mass is 28.4. The molecule has 0 bridgehead atoms. The lowest BCUT2D eigenvalue weighted by Crippen LogP contribution is -2.50. The molecule has 0 radical (unpaired) electrons. The van der Waals surface area contributed by atoms with E-state index in [9.17, 15) is 5.11 Å². The molecule has 0 aromatic heterocycles. The number of fused-ring (bicyclic) bond motifs is 5. The summed E-state index contributed by atoms with van der Waals surface area (Å²) in [6.07, 6.45) is 5.77. The Labute approximate surface area is 178 Å². The zero-order valence-corrected chi connectivity index (χ0v) is 20.4. The zero-order chi connectivity index (χ0) is 21.2. The highest BCUT2D eigenvalue weighted by molar-refractivity contribution is 6.74. The highest BCUT2D eigenvalue weighted by Crippen LogP contribution is 2.63. The summed E-state index contributed by atoms with van der Waals surface area (Å²) in [5.74, 6) is 2.65. The zero-order valence-electron chi connectivity index (χ0n) is 19.4. The summed E-state index contributed by atoms with van der Waals surface area (Å²) in [5, 5.41) is 11.3. The number of hydrogen-bond acceptors (Lipinski definition) is 3. The molecule has 3 aliphatic carbocycles. The van der Waals surface area contributed by atoms with Crippen LogP contribution in [0.5, 0.6) is 5.75 Å². The Bertz CT molecular complexity index is 768. The van der Waals surface area contributed by atoms with Gasteiger partial charge in [0.05, 0.1) is 19.3 Å². The number of hydrogen-bond donors (Lipinski definition) is 1. The molecule has 3 aliphatic rings. The largest absolute Gasteiger partial charge is 0.497 e. The fourth-order valence-electron chi connectivity index (χ4n) is 6.37. The van der Waals surface area contributed by atoms with Crippen LogP contribution >= 0.6 is 0 Å². The molecule has 1 aromatic rings. The van der Waals surface area contributed by atoms with Gasteiger partial charge in [-0.3, -0.25) is 0 Å². The molecule has 162 valence electrons. The van der Waals surface area contributed by atoms with E-state index in [-0.39, 0.29) is 16.6 Å². The van der Waals surface area contributed by atoms with Crippen LogP contribution in [0.15, 0.2) is 18.2 Å². The Morgan fingerprint density at radius 1 is 1.10 bits per heavy atom. The van der Waals surface area contributed by atoms with Gasteiger partial charge in [-0.2, -0.15) is 0 Å². The summed E-state index contributed by atoms with van der Waals surface area (Å²) >= 11 is 0. The van der Waals surface area contributed by atoms with E-state index < -0.39 is 8.32 Å². The lowest BCUT2D eigenvalue weighted by molar-refractivity contribution is -0.0322. The van der Waals surface area contributed by atoms with Crippen molar-refractivity contribution < 1.29 is 14.3 Å². The van der Waals surface area contributed by atoms with Gasteiger partial charge in [0.2, 0.25) is 0 Å². The quantitative estimate of drug-likeness (QED) is 0.577. The second-order valence-corrected chi connectivity index (χ2v) is 16.4. The van der Waals surface area contributed by atoms with Gasteiger partial charge in [-0.15, -0.1) is 0 Å². The van der Waals surface area contributed by atoms with Gasteiger partial charge in [0.25, 0.3) is 0 Å². The molecule has 29 heavy (non-hydrogen) atoms. The Morgan fingerprint density at radius 3 is 2.48 bits per heavy atom. The van der Waals surface area contributed by atoms with Crippen molar-refractivity contribution in [2.75, 3.05) is 7.11 Å². The van der Waals surface area contributed by atoms with E-state index in [1.807, 2.05) is 0 Å². The van der Waals surface area contributed by atoms with E-state index in [0.717, 1.165) is 17.7 Å². The van der Waals surface area contributed by atoms with Crippen molar-refractivity contribution in [3.63, 3.8) is 0 Å². The molecule has 2 fully saturated rings. The number of ether oxygens (including phenoxy) is 1. The van der Waals surface area contributed by atoms with Crippen LogP contribution in [0.3, 0.4) is 0 Å². The molecule has 4 rings (SSSR count). The molecule has 4 heteroatoms. The molecule has 0 aliphatic heterocycles. The molecule has 6 atom stereocenters. The second kappa shape index (κ2) is 7.10. The fraction of sp³-hybridized carbons (Fsp3) is 0.760. The van der Waals surface area contributed by atoms with Crippen LogP contribution in [-0.4, -0.2) is 26.6 Å². The van der Waals surface area contributed by atoms with E-state index in [1.54, 1.807) is 7.11 Å². The van der Waals surface area contributed by atoms with Crippen molar-refractivity contribution in [1.29, 1.82) is 0 Å². The van der Waals surface area contributed by atoms with Crippen LogP contribution in [0.2, 0.25) is 18.1 Å². The minimum Gasteiger partial charge on any atom is -0.497 e. The maximum Gasteiger partial charge on any atom is 0.192 e. The number of benzene rings is 1. The summed E-state index contributed by atoms with van der Waals surface area (Å²) in [6, 6.07) is 6.34. The van der Waals surface area contributed by atoms with Crippen molar-refractivity contribution in [3.05, 3.63) is 29.3 Å². The smallest absolute Gasteiger partial charge is 0.192 e. The lowest BCUT2D eigenvalue weighted by Gasteiger charge is -2.53. The monoisotopic (exact) mass is 416 g/mol. The van der Waals surface area contributed by atoms with Gasteiger partial charge in [0, 0.05) is 0 Å². The summed E-state index contributed by atoms with van der Waals surface area (Å²) < 4.78 is 12.4. The van der Waals surface area contributed by atoms with Crippen LogP contribution in [0, 0.1) is 17.3 Å². The van der Waals surface area contributed by atoms with Gasteiger partial charge < -0.3 is 14.3 Å². The first-order chi connectivity index (χ1) is 13.5. The molecule has 1 N–H and O–H groups in total. The standard InChI is InChI=1S/C25H40O3Si/c1-24(2,3)29(6,7)28-23-11-10-21-19-15-22(26)20-14-16(27-5)8-9-17(20)18(19)12-13-25(21,23)4/h8-9,14,18-19,21-23,26H,10-13,15H2,1-7H3/t18?,19?,21?,22?,23-,25-/m0/s1. The van der Waals surface area contributed by atoms with E-state index in [1.165, 1.54) is 31.2 Å². The third kappa shape index (κ3) is 3.39. The van der Waals surface area contributed by atoms with Crippen LogP contribution in [0.25, 0.3) is 0 Å². The minimum atomic E-state index is -1.78. The number of aliphatic hydroxyl groups excluding tert-OH is 1. The lowest BCUT2D eigenvalue weighted by atomic mass is 9.55. The van der Waals surface area contributed by atoms with Gasteiger partial charge in [-0.25, -0.2) is 0 Å². The Balaban J connectivity index is 1.60. The predicted octanol–water partition coefficient (Wildman–Crippen LogP) is 6.43. The van der Waals surface area contributed by atoms with Gasteiger partial charge in [0.1, 0.15) is 5.75 Å². The first-order valence-electron chi connectivity index (χ1n) is 11.5. The molecular formula is C25H40O3Si. The maximum absolute atomic E-state index is 11.0. The molecule has 0 amide bonds. The van der Waals surface area contributed by atoms with Crippen LogP contribution in [-0.2, 0) is 4.43 Å². The molecule has 1 aromatic carbocycles. The highest BCUT2D eigenvalue weighted by Gasteiger charge is 2.57. The van der Waals surface area contributed by atoms with Gasteiger partial charge >= 0.3 is 0 Å². The van der Waals surface area contributed by atoms with Gasteiger partial charge in [0.15, 0.2) is 8.32 Å². The second-order valence-electron chi connectivity index (χ2n) is 11.6. The molecule has 4 unspecified atom stereocenters. The summed E-state index contributed by atoms with van der Waals surface area (Å²) in [7, 11) is -0.0806. The molecule has 3 nitrogen and oxygen atoms in total. The van der Waals surface area contributed by atoms with Crippen molar-refractivity contribution in [2.45, 2.75) is 96.1 Å². The molecule has 0 saturated heterocycles. The minimum absolute atomic E-state index is 0.248. The predicted molar refractivity (Wildman–Crippen MR) is 121 cm³/mol. The number of aliphatic hydroxyl groups is 1. The van der Waals surface area contributed by atoms with Gasteiger partial charge in [-0.05, 0) is 96.7 Å². The van der Waals surface area contributed by atoms with E-state index >= 15 is 0 Å². The third-order valence-corrected chi connectivity index (χ3v) is 13.6. The van der Waals surface area contributed by atoms with E-state index in [4.69, 9.17) is 9.16 Å². The van der Waals surface area contributed by atoms with Crippen LogP contribution < -0.4 is 4.74 Å². The fourth-order valence-corrected chi connectivity index (χ4v) is 7.82. The summed E-state index contributed by atoms with van der Waals surface area (Å²) in [4.78, 5) is 0. The number of methoxy groups -OCH3 is 1. The van der Waals surface area contributed by atoms with E-state index in [0.29, 0.717) is 23.9 Å². The molecule has 0 spiro atoms. The molecule has 0 heterocycles. The van der Waals surface area contributed by atoms with Crippen LogP contribution in [0.4, 0.5) is 0 Å². The Morgan fingerprint density at radius 2 is 1.83 bits per heavy atom. The van der Waals surface area contributed by atoms with Crippen LogP contribution in [0.1, 0.15) is 82.9 Å². The van der Waals surface area contributed by atoms with Crippen molar-refractivity contribution in [2.24, 2.45) is 17.3 Å². The normalized spacial score (nSPS) is 36.9. The SMILES string of the molecule is COc1ccc2c(c1)C(O)CC1C2CC[C@@]2(C)C1CC[C@@H]2O[Si](C)(C)C(C)(C)C. The average molecular weight is 417 g/mol. The van der Waals surface area contributed by atoms with Crippen molar-refractivity contribution in [1.82, 2.24) is 0 Å². The number of rotatable bonds is 3. The Hall–Kier alpha value is -0.843. The topological polar surface area (TPSA) is 38.7 Å². The summed E-state index contributed by atoms with van der Waals surface area (Å²) in [5.41, 5.74) is 2.71. The average Bonchev–Trinajstić information content (AvgIpc) is 2.97. The molecule has 2 saturated carbocycles. The Kier molecular flexibility index (Phi) is 5.24. The first-order valence-corrected chi connectivity index (χ1v) is 14.4. The third-order valence-electron chi connectivity index (χ3n) is 9.14. The van der Waals surface area contributed by atoms with Crippen molar-refractivity contribution >= 4 is 8.32 Å². The first kappa shape index (κ1) is 21.4. The van der Waals surface area contributed by atoms with Gasteiger partial charge in [-0.1, -0.05) is 33.8 Å².